The zero-order chi connectivity index (χ0) is 19.3. The van der Waals surface area contributed by atoms with Crippen LogP contribution in [-0.2, 0) is 21.2 Å². The summed E-state index contributed by atoms with van der Waals surface area (Å²) < 4.78 is 28.3. The molecular weight excluding hydrogens is 360 g/mol. The van der Waals surface area contributed by atoms with Crippen molar-refractivity contribution < 1.29 is 13.2 Å². The summed E-state index contributed by atoms with van der Waals surface area (Å²) in [5.41, 5.74) is 4.47. The minimum Gasteiger partial charge on any atom is -0.309 e. The SMILES string of the molecule is Cc1ccc(NS(=O)(=O)c2ccc3c(c2)C[C@H](C)N3C(=O)C2CC2)cc1C. The number of benzene rings is 2. The molecule has 0 bridgehead atoms. The summed E-state index contributed by atoms with van der Waals surface area (Å²) >= 11 is 0. The van der Waals surface area contributed by atoms with Crippen LogP contribution in [0, 0.1) is 19.8 Å². The molecule has 1 fully saturated rings. The third kappa shape index (κ3) is 3.34. The van der Waals surface area contributed by atoms with Crippen molar-refractivity contribution in [3.8, 4) is 0 Å². The average Bonchev–Trinajstić information content (AvgIpc) is 3.39. The van der Waals surface area contributed by atoms with Crippen LogP contribution in [0.2, 0.25) is 0 Å². The van der Waals surface area contributed by atoms with Crippen LogP contribution in [-0.4, -0.2) is 20.4 Å². The first-order chi connectivity index (χ1) is 12.8. The molecule has 1 aliphatic heterocycles. The molecule has 0 saturated heterocycles. The summed E-state index contributed by atoms with van der Waals surface area (Å²) in [6.45, 7) is 5.96. The van der Waals surface area contributed by atoms with Gasteiger partial charge >= 0.3 is 0 Å². The van der Waals surface area contributed by atoms with E-state index in [9.17, 15) is 13.2 Å². The van der Waals surface area contributed by atoms with Gasteiger partial charge in [-0.3, -0.25) is 9.52 Å². The lowest BCUT2D eigenvalue weighted by Crippen LogP contribution is -2.36. The van der Waals surface area contributed by atoms with Crippen LogP contribution in [0.1, 0.15) is 36.5 Å². The van der Waals surface area contributed by atoms with Crippen molar-refractivity contribution in [2.75, 3.05) is 9.62 Å². The van der Waals surface area contributed by atoms with E-state index < -0.39 is 10.0 Å². The van der Waals surface area contributed by atoms with Gasteiger partial charge in [0.2, 0.25) is 5.91 Å². The number of fused-ring (bicyclic) bond motifs is 1. The smallest absolute Gasteiger partial charge is 0.261 e. The van der Waals surface area contributed by atoms with Crippen LogP contribution < -0.4 is 9.62 Å². The minimum atomic E-state index is -3.68. The summed E-state index contributed by atoms with van der Waals surface area (Å²) in [4.78, 5) is 14.6. The van der Waals surface area contributed by atoms with E-state index in [1.165, 1.54) is 0 Å². The predicted molar refractivity (Wildman–Crippen MR) is 107 cm³/mol. The molecule has 0 aromatic heterocycles. The Hall–Kier alpha value is -2.34. The van der Waals surface area contributed by atoms with E-state index in [0.717, 1.165) is 35.2 Å². The Kier molecular flexibility index (Phi) is 4.26. The molecule has 2 aliphatic rings. The normalized spacial score (nSPS) is 19.1. The third-order valence-electron chi connectivity index (χ3n) is 5.50. The highest BCUT2D eigenvalue weighted by Gasteiger charge is 2.39. The Morgan fingerprint density at radius 2 is 1.81 bits per heavy atom. The van der Waals surface area contributed by atoms with Crippen molar-refractivity contribution in [3.05, 3.63) is 53.1 Å². The molecule has 6 heteroatoms. The van der Waals surface area contributed by atoms with E-state index in [-0.39, 0.29) is 22.8 Å². The maximum atomic E-state index is 12.8. The van der Waals surface area contributed by atoms with Gasteiger partial charge in [0, 0.05) is 23.3 Å². The first-order valence-corrected chi connectivity index (χ1v) is 10.8. The Morgan fingerprint density at radius 1 is 1.07 bits per heavy atom. The highest BCUT2D eigenvalue weighted by Crippen LogP contribution is 2.39. The van der Waals surface area contributed by atoms with Gasteiger partial charge in [-0.2, -0.15) is 0 Å². The maximum Gasteiger partial charge on any atom is 0.261 e. The van der Waals surface area contributed by atoms with Gasteiger partial charge in [-0.1, -0.05) is 6.07 Å². The van der Waals surface area contributed by atoms with Gasteiger partial charge < -0.3 is 4.90 Å². The zero-order valence-corrected chi connectivity index (χ0v) is 16.6. The topological polar surface area (TPSA) is 66.5 Å². The zero-order valence-electron chi connectivity index (χ0n) is 15.8. The van der Waals surface area contributed by atoms with Gasteiger partial charge in [-0.15, -0.1) is 0 Å². The summed E-state index contributed by atoms with van der Waals surface area (Å²) in [6, 6.07) is 10.6. The molecule has 0 radical (unpaired) electrons. The molecule has 4 rings (SSSR count). The summed E-state index contributed by atoms with van der Waals surface area (Å²) in [6.07, 6.45) is 2.61. The van der Waals surface area contributed by atoms with Crippen molar-refractivity contribution in [1.82, 2.24) is 0 Å². The highest BCUT2D eigenvalue weighted by molar-refractivity contribution is 7.92. The molecule has 5 nitrogen and oxygen atoms in total. The number of rotatable bonds is 4. The lowest BCUT2D eigenvalue weighted by atomic mass is 10.1. The second-order valence-corrected chi connectivity index (χ2v) is 9.41. The highest BCUT2D eigenvalue weighted by atomic mass is 32.2. The summed E-state index contributed by atoms with van der Waals surface area (Å²) in [5, 5.41) is 0. The molecular formula is C21H24N2O3S. The quantitative estimate of drug-likeness (QED) is 0.872. The fourth-order valence-electron chi connectivity index (χ4n) is 3.66. The molecule has 1 heterocycles. The number of nitrogens with one attached hydrogen (secondary N) is 1. The van der Waals surface area contributed by atoms with Crippen LogP contribution in [0.4, 0.5) is 11.4 Å². The number of nitrogens with zero attached hydrogens (tertiary/aromatic N) is 1. The molecule has 0 unspecified atom stereocenters. The first kappa shape index (κ1) is 18.0. The monoisotopic (exact) mass is 384 g/mol. The van der Waals surface area contributed by atoms with Crippen molar-refractivity contribution in [3.63, 3.8) is 0 Å². The number of carbonyl (C=O) groups is 1. The molecule has 1 N–H and O–H groups in total. The Balaban J connectivity index is 1.62. The second kappa shape index (κ2) is 6.37. The summed E-state index contributed by atoms with van der Waals surface area (Å²) in [7, 11) is -3.68. The standard InChI is InChI=1S/C21H24N2O3S/c1-13-4-7-18(10-14(13)2)22-27(25,26)19-8-9-20-17(12-19)11-15(3)23(20)21(24)16-5-6-16/h4,7-10,12,15-16,22H,5-6,11H2,1-3H3/t15-/m0/s1. The Labute approximate surface area is 160 Å². The number of anilines is 2. The van der Waals surface area contributed by atoms with Gasteiger partial charge in [-0.05, 0) is 87.1 Å². The van der Waals surface area contributed by atoms with Gasteiger partial charge in [0.1, 0.15) is 0 Å². The van der Waals surface area contributed by atoms with Gasteiger partial charge in [0.15, 0.2) is 0 Å². The largest absolute Gasteiger partial charge is 0.309 e. The predicted octanol–water partition coefficient (Wildman–Crippen LogP) is 3.79. The van der Waals surface area contributed by atoms with Gasteiger partial charge in [0.25, 0.3) is 10.0 Å². The number of amides is 1. The van der Waals surface area contributed by atoms with Crippen molar-refractivity contribution in [1.29, 1.82) is 0 Å². The average molecular weight is 385 g/mol. The van der Waals surface area contributed by atoms with E-state index >= 15 is 0 Å². The van der Waals surface area contributed by atoms with Crippen LogP contribution >= 0.6 is 0 Å². The van der Waals surface area contributed by atoms with Crippen LogP contribution in [0.3, 0.4) is 0 Å². The van der Waals surface area contributed by atoms with Crippen molar-refractivity contribution in [2.24, 2.45) is 5.92 Å². The number of sulfonamides is 1. The van der Waals surface area contributed by atoms with Crippen LogP contribution in [0.25, 0.3) is 0 Å². The Bertz CT molecular complexity index is 1030. The van der Waals surface area contributed by atoms with E-state index in [4.69, 9.17) is 0 Å². The molecule has 2 aromatic rings. The minimum absolute atomic E-state index is 0.0683. The van der Waals surface area contributed by atoms with Gasteiger partial charge in [0.05, 0.1) is 4.90 Å². The molecule has 1 atom stereocenters. The molecule has 1 amide bonds. The molecule has 1 aliphatic carbocycles. The fourth-order valence-corrected chi connectivity index (χ4v) is 4.76. The van der Waals surface area contributed by atoms with E-state index in [1.54, 1.807) is 24.3 Å². The second-order valence-electron chi connectivity index (χ2n) is 7.73. The van der Waals surface area contributed by atoms with E-state index in [0.29, 0.717) is 12.1 Å². The lowest BCUT2D eigenvalue weighted by Gasteiger charge is -2.22. The molecule has 2 aromatic carbocycles. The van der Waals surface area contributed by atoms with E-state index in [2.05, 4.69) is 4.72 Å². The van der Waals surface area contributed by atoms with Crippen LogP contribution in [0.5, 0.6) is 0 Å². The number of hydrogen-bond acceptors (Lipinski definition) is 3. The first-order valence-electron chi connectivity index (χ1n) is 9.32. The van der Waals surface area contributed by atoms with Crippen molar-refractivity contribution in [2.45, 2.75) is 51.0 Å². The molecule has 27 heavy (non-hydrogen) atoms. The van der Waals surface area contributed by atoms with E-state index in [1.807, 2.05) is 37.8 Å². The lowest BCUT2D eigenvalue weighted by molar-refractivity contribution is -0.120. The van der Waals surface area contributed by atoms with Gasteiger partial charge in [-0.25, -0.2) is 8.42 Å². The molecule has 0 spiro atoms. The molecule has 1 saturated carbocycles. The maximum absolute atomic E-state index is 12.8. The number of aryl methyl sites for hydroxylation is 2. The summed E-state index contributed by atoms with van der Waals surface area (Å²) in [5.74, 6) is 0.318. The van der Waals surface area contributed by atoms with Crippen molar-refractivity contribution >= 4 is 27.3 Å². The van der Waals surface area contributed by atoms with Crippen LogP contribution in [0.15, 0.2) is 41.3 Å². The Morgan fingerprint density at radius 3 is 2.48 bits per heavy atom. The fraction of sp³-hybridized carbons (Fsp3) is 0.381. The number of hydrogen-bond donors (Lipinski definition) is 1. The molecule has 142 valence electrons. The number of carbonyl (C=O) groups excluding carboxylic acids is 1. The third-order valence-corrected chi connectivity index (χ3v) is 6.88.